The Hall–Kier alpha value is -1.40. The normalized spacial score (nSPS) is 21.3. The van der Waals surface area contributed by atoms with Crippen molar-refractivity contribution in [2.45, 2.75) is 6.04 Å². The lowest BCUT2D eigenvalue weighted by atomic mass is 10.2. The highest BCUT2D eigenvalue weighted by atomic mass is 16.5. The van der Waals surface area contributed by atoms with Crippen molar-refractivity contribution in [3.8, 4) is 0 Å². The molecular weight excluding hydrogens is 196 g/mol. The first-order valence-electron chi connectivity index (χ1n) is 4.87. The highest BCUT2D eigenvalue weighted by Crippen LogP contribution is 2.03. The topological polar surface area (TPSA) is 68.2 Å². The third-order valence-corrected chi connectivity index (χ3v) is 2.20. The molecule has 6 heteroatoms. The molecule has 1 fully saturated rings. The number of nitrogens with one attached hydrogen (secondary N) is 2. The van der Waals surface area contributed by atoms with Gasteiger partial charge in [0, 0.05) is 25.9 Å². The Morgan fingerprint density at radius 1 is 1.80 bits per heavy atom. The van der Waals surface area contributed by atoms with Gasteiger partial charge in [0.05, 0.1) is 13.2 Å². The van der Waals surface area contributed by atoms with Gasteiger partial charge in [-0.2, -0.15) is 5.10 Å². The van der Waals surface area contributed by atoms with E-state index < -0.39 is 0 Å². The maximum absolute atomic E-state index is 11.7. The predicted molar refractivity (Wildman–Crippen MR) is 54.4 cm³/mol. The van der Waals surface area contributed by atoms with Crippen LogP contribution in [-0.4, -0.2) is 41.5 Å². The molecule has 1 amide bonds. The first kappa shape index (κ1) is 10.1. The minimum Gasteiger partial charge on any atom is -0.378 e. The highest BCUT2D eigenvalue weighted by molar-refractivity contribution is 5.94. The number of hydrogen-bond donors (Lipinski definition) is 2. The summed E-state index contributed by atoms with van der Waals surface area (Å²) in [4.78, 5) is 11.7. The molecule has 6 nitrogen and oxygen atoms in total. The van der Waals surface area contributed by atoms with E-state index in [-0.39, 0.29) is 11.9 Å². The summed E-state index contributed by atoms with van der Waals surface area (Å²) in [6, 6.07) is 1.47. The van der Waals surface area contributed by atoms with E-state index in [9.17, 15) is 4.79 Å². The molecule has 1 aromatic heterocycles. The van der Waals surface area contributed by atoms with Crippen LogP contribution in [0.1, 0.15) is 0 Å². The van der Waals surface area contributed by atoms with Crippen LogP contribution >= 0.6 is 0 Å². The fourth-order valence-corrected chi connectivity index (χ4v) is 1.43. The standard InChI is InChI=1S/C9H14N4O2/c1-13-4-2-8(12-13)11-9(14)7-6-15-5-3-10-7/h2,4,7,10H,3,5-6H2,1H3,(H,11,12,14). The Morgan fingerprint density at radius 3 is 3.27 bits per heavy atom. The summed E-state index contributed by atoms with van der Waals surface area (Å²) in [5.74, 6) is 0.461. The van der Waals surface area contributed by atoms with Crippen molar-refractivity contribution in [3.05, 3.63) is 12.3 Å². The lowest BCUT2D eigenvalue weighted by molar-refractivity contribution is -0.120. The largest absolute Gasteiger partial charge is 0.378 e. The number of hydrogen-bond acceptors (Lipinski definition) is 4. The minimum absolute atomic E-state index is 0.103. The lowest BCUT2D eigenvalue weighted by Gasteiger charge is -2.22. The molecule has 1 aromatic rings. The van der Waals surface area contributed by atoms with E-state index in [0.717, 1.165) is 0 Å². The van der Waals surface area contributed by atoms with E-state index in [1.165, 1.54) is 0 Å². The summed E-state index contributed by atoms with van der Waals surface area (Å²) < 4.78 is 6.84. The Kier molecular flexibility index (Phi) is 2.98. The van der Waals surface area contributed by atoms with Gasteiger partial charge in [-0.25, -0.2) is 0 Å². The monoisotopic (exact) mass is 210 g/mol. The zero-order valence-corrected chi connectivity index (χ0v) is 8.56. The summed E-state index contributed by atoms with van der Waals surface area (Å²) in [7, 11) is 1.80. The number of carbonyl (C=O) groups is 1. The Morgan fingerprint density at radius 2 is 2.67 bits per heavy atom. The molecule has 2 heterocycles. The van der Waals surface area contributed by atoms with Gasteiger partial charge in [-0.05, 0) is 0 Å². The fraction of sp³-hybridized carbons (Fsp3) is 0.556. The van der Waals surface area contributed by atoms with Gasteiger partial charge in [0.25, 0.3) is 0 Å². The van der Waals surface area contributed by atoms with Crippen LogP contribution in [0, 0.1) is 0 Å². The molecule has 1 saturated heterocycles. The van der Waals surface area contributed by atoms with E-state index in [1.807, 2.05) is 0 Å². The number of aromatic nitrogens is 2. The van der Waals surface area contributed by atoms with E-state index >= 15 is 0 Å². The summed E-state index contributed by atoms with van der Waals surface area (Å²) >= 11 is 0. The van der Waals surface area contributed by atoms with Crippen molar-refractivity contribution in [1.29, 1.82) is 0 Å². The van der Waals surface area contributed by atoms with E-state index in [0.29, 0.717) is 25.6 Å². The summed E-state index contributed by atoms with van der Waals surface area (Å²) in [6.07, 6.45) is 1.78. The highest BCUT2D eigenvalue weighted by Gasteiger charge is 2.21. The summed E-state index contributed by atoms with van der Waals surface area (Å²) in [5, 5.41) is 9.85. The van der Waals surface area contributed by atoms with Gasteiger partial charge in [-0.1, -0.05) is 0 Å². The van der Waals surface area contributed by atoms with Gasteiger partial charge in [0.15, 0.2) is 5.82 Å². The predicted octanol–water partition coefficient (Wildman–Crippen LogP) is -0.653. The van der Waals surface area contributed by atoms with Crippen molar-refractivity contribution < 1.29 is 9.53 Å². The molecule has 2 N–H and O–H groups in total. The number of nitrogens with zero attached hydrogens (tertiary/aromatic N) is 2. The van der Waals surface area contributed by atoms with Crippen LogP contribution in [0.4, 0.5) is 5.82 Å². The number of carbonyl (C=O) groups excluding carboxylic acids is 1. The molecule has 0 aromatic carbocycles. The molecule has 0 radical (unpaired) electrons. The zero-order valence-electron chi connectivity index (χ0n) is 8.56. The molecule has 0 saturated carbocycles. The van der Waals surface area contributed by atoms with Gasteiger partial charge in [0.2, 0.25) is 5.91 Å². The molecular formula is C9H14N4O2. The molecule has 1 atom stereocenters. The summed E-state index contributed by atoms with van der Waals surface area (Å²) in [6.45, 7) is 1.78. The average Bonchev–Trinajstić information content (AvgIpc) is 2.65. The van der Waals surface area contributed by atoms with Crippen molar-refractivity contribution in [1.82, 2.24) is 15.1 Å². The SMILES string of the molecule is Cn1ccc(NC(=O)C2COCCN2)n1. The zero-order chi connectivity index (χ0) is 10.7. The Bertz CT molecular complexity index is 344. The van der Waals surface area contributed by atoms with Gasteiger partial charge >= 0.3 is 0 Å². The average molecular weight is 210 g/mol. The first-order chi connectivity index (χ1) is 7.25. The molecule has 0 spiro atoms. The van der Waals surface area contributed by atoms with E-state index in [1.54, 1.807) is 24.0 Å². The molecule has 0 bridgehead atoms. The van der Waals surface area contributed by atoms with Crippen LogP contribution in [0.25, 0.3) is 0 Å². The number of amides is 1. The molecule has 2 rings (SSSR count). The van der Waals surface area contributed by atoms with Gasteiger partial charge < -0.3 is 15.4 Å². The van der Waals surface area contributed by atoms with Gasteiger partial charge in [0.1, 0.15) is 6.04 Å². The Labute approximate surface area is 87.6 Å². The second kappa shape index (κ2) is 4.41. The van der Waals surface area contributed by atoms with Gasteiger partial charge in [-0.3, -0.25) is 9.48 Å². The molecule has 1 unspecified atom stereocenters. The number of aryl methyl sites for hydroxylation is 1. The Balaban J connectivity index is 1.91. The van der Waals surface area contributed by atoms with Crippen molar-refractivity contribution >= 4 is 11.7 Å². The van der Waals surface area contributed by atoms with Crippen molar-refractivity contribution in [2.24, 2.45) is 7.05 Å². The van der Waals surface area contributed by atoms with Crippen LogP contribution in [0.5, 0.6) is 0 Å². The smallest absolute Gasteiger partial charge is 0.245 e. The third-order valence-electron chi connectivity index (χ3n) is 2.20. The molecule has 82 valence electrons. The maximum Gasteiger partial charge on any atom is 0.245 e. The molecule has 1 aliphatic heterocycles. The van der Waals surface area contributed by atoms with E-state index in [2.05, 4.69) is 15.7 Å². The van der Waals surface area contributed by atoms with Crippen LogP contribution in [0.2, 0.25) is 0 Å². The third kappa shape index (κ3) is 2.54. The number of morpholine rings is 1. The maximum atomic E-state index is 11.7. The number of anilines is 1. The fourth-order valence-electron chi connectivity index (χ4n) is 1.43. The first-order valence-corrected chi connectivity index (χ1v) is 4.87. The lowest BCUT2D eigenvalue weighted by Crippen LogP contribution is -2.48. The van der Waals surface area contributed by atoms with Crippen molar-refractivity contribution in [3.63, 3.8) is 0 Å². The minimum atomic E-state index is -0.277. The van der Waals surface area contributed by atoms with Crippen LogP contribution in [-0.2, 0) is 16.6 Å². The quantitative estimate of drug-likeness (QED) is 0.680. The second-order valence-electron chi connectivity index (χ2n) is 3.45. The van der Waals surface area contributed by atoms with Crippen LogP contribution in [0.15, 0.2) is 12.3 Å². The molecule has 1 aliphatic rings. The number of ether oxygens (including phenoxy) is 1. The van der Waals surface area contributed by atoms with Gasteiger partial charge in [-0.15, -0.1) is 0 Å². The van der Waals surface area contributed by atoms with E-state index in [4.69, 9.17) is 4.74 Å². The molecule has 0 aliphatic carbocycles. The number of rotatable bonds is 2. The summed E-state index contributed by atoms with van der Waals surface area (Å²) in [5.41, 5.74) is 0. The van der Waals surface area contributed by atoms with Crippen LogP contribution in [0.3, 0.4) is 0 Å². The second-order valence-corrected chi connectivity index (χ2v) is 3.45. The van der Waals surface area contributed by atoms with Crippen molar-refractivity contribution in [2.75, 3.05) is 25.1 Å². The van der Waals surface area contributed by atoms with Crippen LogP contribution < -0.4 is 10.6 Å². The molecule has 15 heavy (non-hydrogen) atoms.